The van der Waals surface area contributed by atoms with Gasteiger partial charge in [-0.2, -0.15) is 5.26 Å². The van der Waals surface area contributed by atoms with Crippen LogP contribution in [0, 0.1) is 21.4 Å². The Kier molecular flexibility index (Phi) is 4.53. The molecule has 2 rings (SSSR count). The van der Waals surface area contributed by atoms with E-state index in [1.807, 2.05) is 0 Å². The van der Waals surface area contributed by atoms with Crippen molar-refractivity contribution in [2.75, 3.05) is 0 Å². The van der Waals surface area contributed by atoms with E-state index in [2.05, 4.69) is 0 Å². The first-order valence-corrected chi connectivity index (χ1v) is 6.56. The minimum Gasteiger partial charge on any atom is -0.455 e. The average molecular weight is 344 g/mol. The first-order chi connectivity index (χ1) is 9.92. The van der Waals surface area contributed by atoms with Gasteiger partial charge in [0, 0.05) is 6.07 Å². The summed E-state index contributed by atoms with van der Waals surface area (Å²) in [6.45, 7) is 0. The normalized spacial score (nSPS) is 10.0. The van der Waals surface area contributed by atoms with Crippen LogP contribution in [-0.2, 0) is 0 Å². The van der Waals surface area contributed by atoms with Crippen molar-refractivity contribution < 1.29 is 9.66 Å². The summed E-state index contributed by atoms with van der Waals surface area (Å²) in [6, 6.07) is 8.38. The third-order valence-electron chi connectivity index (χ3n) is 2.49. The van der Waals surface area contributed by atoms with E-state index in [9.17, 15) is 10.1 Å². The Morgan fingerprint density at radius 1 is 1.10 bits per heavy atom. The van der Waals surface area contributed by atoms with Crippen LogP contribution in [0.5, 0.6) is 11.5 Å². The van der Waals surface area contributed by atoms with Gasteiger partial charge in [0.05, 0.1) is 26.1 Å². The second kappa shape index (κ2) is 6.19. The molecule has 5 nitrogen and oxygen atoms in total. The highest BCUT2D eigenvalue weighted by molar-refractivity contribution is 6.43. The maximum Gasteiger partial charge on any atom is 0.290 e. The van der Waals surface area contributed by atoms with Crippen molar-refractivity contribution in [1.29, 1.82) is 5.26 Å². The van der Waals surface area contributed by atoms with Gasteiger partial charge >= 0.3 is 0 Å². The number of nitrogens with zero attached hydrogens (tertiary/aromatic N) is 2. The number of rotatable bonds is 3. The molecule has 0 aromatic heterocycles. The van der Waals surface area contributed by atoms with Crippen LogP contribution < -0.4 is 4.74 Å². The van der Waals surface area contributed by atoms with Gasteiger partial charge in [0.15, 0.2) is 0 Å². The van der Waals surface area contributed by atoms with Crippen LogP contribution in [0.4, 0.5) is 5.69 Å². The van der Waals surface area contributed by atoms with Gasteiger partial charge in [-0.15, -0.1) is 0 Å². The number of nitro benzene ring substituents is 1. The predicted molar refractivity (Wildman–Crippen MR) is 79.4 cm³/mol. The lowest BCUT2D eigenvalue weighted by Gasteiger charge is -2.09. The summed E-state index contributed by atoms with van der Waals surface area (Å²) in [4.78, 5) is 10.2. The molecule has 0 spiro atoms. The number of halogens is 3. The van der Waals surface area contributed by atoms with Crippen LogP contribution in [0.1, 0.15) is 5.56 Å². The van der Waals surface area contributed by atoms with Gasteiger partial charge in [0.2, 0.25) is 0 Å². The highest BCUT2D eigenvalue weighted by Crippen LogP contribution is 2.37. The topological polar surface area (TPSA) is 76.2 Å². The third kappa shape index (κ3) is 3.37. The van der Waals surface area contributed by atoms with Crippen molar-refractivity contribution in [1.82, 2.24) is 0 Å². The van der Waals surface area contributed by atoms with E-state index in [0.717, 1.165) is 6.07 Å². The Hall–Kier alpha value is -2.00. The van der Waals surface area contributed by atoms with E-state index in [-0.39, 0.29) is 37.8 Å². The summed E-state index contributed by atoms with van der Waals surface area (Å²) >= 11 is 17.6. The molecule has 0 aliphatic heterocycles. The standard InChI is InChI=1S/C13H5Cl3N2O3/c14-9-4-11(16)13(5-10(9)15)21-8-2-1-7(6-17)12(3-8)18(19)20/h1-5H. The molecule has 21 heavy (non-hydrogen) atoms. The summed E-state index contributed by atoms with van der Waals surface area (Å²) in [6.07, 6.45) is 0. The number of ether oxygens (including phenoxy) is 1. The smallest absolute Gasteiger partial charge is 0.290 e. The lowest BCUT2D eigenvalue weighted by molar-refractivity contribution is -0.385. The number of nitro groups is 1. The Labute approximate surface area is 134 Å². The SMILES string of the molecule is N#Cc1ccc(Oc2cc(Cl)c(Cl)cc2Cl)cc1[N+](=O)[O-]. The van der Waals surface area contributed by atoms with Crippen molar-refractivity contribution in [2.45, 2.75) is 0 Å². The number of hydrogen-bond donors (Lipinski definition) is 0. The Morgan fingerprint density at radius 2 is 1.76 bits per heavy atom. The molecule has 0 aliphatic carbocycles. The van der Waals surface area contributed by atoms with E-state index < -0.39 is 4.92 Å². The van der Waals surface area contributed by atoms with Crippen molar-refractivity contribution in [3.8, 4) is 17.6 Å². The molecule has 0 aliphatic rings. The first-order valence-electron chi connectivity index (χ1n) is 5.43. The Balaban J connectivity index is 2.41. The zero-order valence-electron chi connectivity index (χ0n) is 10.1. The molecule has 0 saturated heterocycles. The molecule has 0 fully saturated rings. The van der Waals surface area contributed by atoms with Crippen LogP contribution >= 0.6 is 34.8 Å². The summed E-state index contributed by atoms with van der Waals surface area (Å²) in [5.41, 5.74) is -0.418. The molecule has 8 heteroatoms. The molecule has 0 atom stereocenters. The molecule has 0 N–H and O–H groups in total. The lowest BCUT2D eigenvalue weighted by Crippen LogP contribution is -1.94. The molecular weight excluding hydrogens is 339 g/mol. The molecular formula is C13H5Cl3N2O3. The maximum atomic E-state index is 10.9. The van der Waals surface area contributed by atoms with Gasteiger partial charge in [-0.3, -0.25) is 10.1 Å². The highest BCUT2D eigenvalue weighted by Gasteiger charge is 2.16. The van der Waals surface area contributed by atoms with E-state index in [1.165, 1.54) is 24.3 Å². The molecule has 0 bridgehead atoms. The van der Waals surface area contributed by atoms with Crippen LogP contribution in [0.25, 0.3) is 0 Å². The second-order valence-electron chi connectivity index (χ2n) is 3.85. The maximum absolute atomic E-state index is 10.9. The summed E-state index contributed by atoms with van der Waals surface area (Å²) in [5, 5.41) is 20.4. The molecule has 0 amide bonds. The van der Waals surface area contributed by atoms with Gasteiger partial charge in [-0.05, 0) is 18.2 Å². The predicted octanol–water partition coefficient (Wildman–Crippen LogP) is 5.22. The molecule has 0 unspecified atom stereocenters. The molecule has 0 radical (unpaired) electrons. The molecule has 106 valence electrons. The fourth-order valence-electron chi connectivity index (χ4n) is 1.53. The van der Waals surface area contributed by atoms with Gasteiger partial charge in [0.25, 0.3) is 5.69 Å². The second-order valence-corrected chi connectivity index (χ2v) is 5.07. The minimum atomic E-state index is -0.665. The van der Waals surface area contributed by atoms with E-state index in [4.69, 9.17) is 44.8 Å². The van der Waals surface area contributed by atoms with Crippen LogP contribution in [0.15, 0.2) is 30.3 Å². The molecule has 2 aromatic rings. The van der Waals surface area contributed by atoms with Crippen LogP contribution in [0.3, 0.4) is 0 Å². The Bertz CT molecular complexity index is 772. The van der Waals surface area contributed by atoms with Crippen LogP contribution in [0.2, 0.25) is 15.1 Å². The fraction of sp³-hybridized carbons (Fsp3) is 0. The summed E-state index contributed by atoms with van der Waals surface area (Å²) < 4.78 is 5.45. The average Bonchev–Trinajstić information content (AvgIpc) is 2.44. The number of nitriles is 1. The van der Waals surface area contributed by atoms with E-state index >= 15 is 0 Å². The van der Waals surface area contributed by atoms with Gasteiger partial charge in [-0.25, -0.2) is 0 Å². The zero-order chi connectivity index (χ0) is 15.6. The van der Waals surface area contributed by atoms with E-state index in [0.29, 0.717) is 0 Å². The van der Waals surface area contributed by atoms with Crippen LogP contribution in [-0.4, -0.2) is 4.92 Å². The molecule has 0 heterocycles. The lowest BCUT2D eigenvalue weighted by atomic mass is 10.2. The van der Waals surface area contributed by atoms with Crippen molar-refractivity contribution in [3.63, 3.8) is 0 Å². The van der Waals surface area contributed by atoms with Gasteiger partial charge in [0.1, 0.15) is 23.1 Å². The van der Waals surface area contributed by atoms with Crippen molar-refractivity contribution in [2.24, 2.45) is 0 Å². The van der Waals surface area contributed by atoms with Gasteiger partial charge < -0.3 is 4.74 Å². The monoisotopic (exact) mass is 342 g/mol. The fourth-order valence-corrected chi connectivity index (χ4v) is 2.11. The number of hydrogen-bond acceptors (Lipinski definition) is 4. The third-order valence-corrected chi connectivity index (χ3v) is 3.51. The quantitative estimate of drug-likeness (QED) is 0.435. The largest absolute Gasteiger partial charge is 0.455 e. The van der Waals surface area contributed by atoms with Gasteiger partial charge in [-0.1, -0.05) is 34.8 Å². The summed E-state index contributed by atoms with van der Waals surface area (Å²) in [7, 11) is 0. The molecule has 2 aromatic carbocycles. The molecule has 0 saturated carbocycles. The minimum absolute atomic E-state index is 0.0624. The van der Waals surface area contributed by atoms with Crippen molar-refractivity contribution >= 4 is 40.5 Å². The Morgan fingerprint density at radius 3 is 2.38 bits per heavy atom. The first kappa shape index (κ1) is 15.4. The zero-order valence-corrected chi connectivity index (χ0v) is 12.4. The van der Waals surface area contributed by atoms with E-state index in [1.54, 1.807) is 6.07 Å². The van der Waals surface area contributed by atoms with Crippen molar-refractivity contribution in [3.05, 3.63) is 61.1 Å². The highest BCUT2D eigenvalue weighted by atomic mass is 35.5. The number of benzene rings is 2. The summed E-state index contributed by atoms with van der Waals surface area (Å²) in [5.74, 6) is 0.353.